The molecule has 0 saturated heterocycles. The molecule has 1 N–H and O–H groups in total. The Kier molecular flexibility index (Phi) is 4.86. The first-order valence-corrected chi connectivity index (χ1v) is 6.94. The van der Waals surface area contributed by atoms with E-state index >= 15 is 0 Å². The van der Waals surface area contributed by atoms with Crippen molar-refractivity contribution in [1.29, 1.82) is 0 Å². The number of halogens is 3. The Hall–Kier alpha value is -1.03. The Bertz CT molecular complexity index is 428. The third-order valence-electron chi connectivity index (χ3n) is 4.06. The van der Waals surface area contributed by atoms with E-state index in [1.807, 2.05) is 0 Å². The van der Waals surface area contributed by atoms with E-state index in [2.05, 4.69) is 12.2 Å². The van der Waals surface area contributed by atoms with Crippen LogP contribution in [0.15, 0.2) is 12.1 Å². The maximum absolute atomic E-state index is 13.5. The van der Waals surface area contributed by atoms with Gasteiger partial charge < -0.3 is 5.32 Å². The van der Waals surface area contributed by atoms with Crippen LogP contribution >= 0.6 is 0 Å². The zero-order valence-electron chi connectivity index (χ0n) is 11.2. The van der Waals surface area contributed by atoms with E-state index in [0.29, 0.717) is 12.0 Å². The molecule has 4 heteroatoms. The second-order valence-corrected chi connectivity index (χ2v) is 5.43. The number of nitrogens with one attached hydrogen (secondary N) is 1. The van der Waals surface area contributed by atoms with Gasteiger partial charge in [0.05, 0.1) is 0 Å². The van der Waals surface area contributed by atoms with Crippen LogP contribution in [-0.4, -0.2) is 6.04 Å². The predicted octanol–water partition coefficient (Wildman–Crippen LogP) is 4.16. The summed E-state index contributed by atoms with van der Waals surface area (Å²) in [6, 6.07) is 1.82. The van der Waals surface area contributed by atoms with Gasteiger partial charge >= 0.3 is 0 Å². The quantitative estimate of drug-likeness (QED) is 0.811. The highest BCUT2D eigenvalue weighted by Gasteiger charge is 2.20. The minimum Gasteiger partial charge on any atom is -0.310 e. The fourth-order valence-electron chi connectivity index (χ4n) is 2.77. The van der Waals surface area contributed by atoms with E-state index in [-0.39, 0.29) is 18.2 Å². The van der Waals surface area contributed by atoms with E-state index < -0.39 is 17.5 Å². The topological polar surface area (TPSA) is 12.0 Å². The summed E-state index contributed by atoms with van der Waals surface area (Å²) >= 11 is 0. The molecular formula is C15H20F3N. The van der Waals surface area contributed by atoms with Crippen molar-refractivity contribution in [2.24, 2.45) is 5.92 Å². The highest BCUT2D eigenvalue weighted by Crippen LogP contribution is 2.26. The summed E-state index contributed by atoms with van der Waals surface area (Å²) in [5.41, 5.74) is 0.182. The van der Waals surface area contributed by atoms with Gasteiger partial charge in [-0.1, -0.05) is 19.3 Å². The first kappa shape index (κ1) is 14.4. The minimum atomic E-state index is -1.14. The Morgan fingerprint density at radius 3 is 2.37 bits per heavy atom. The molecule has 1 atom stereocenters. The molecule has 0 spiro atoms. The summed E-state index contributed by atoms with van der Waals surface area (Å²) < 4.78 is 39.4. The third-order valence-corrected chi connectivity index (χ3v) is 4.06. The van der Waals surface area contributed by atoms with Gasteiger partial charge in [0.15, 0.2) is 11.6 Å². The Balaban J connectivity index is 1.92. The maximum Gasteiger partial charge on any atom is 0.161 e. The molecule has 1 aliphatic rings. The molecule has 1 fully saturated rings. The highest BCUT2D eigenvalue weighted by molar-refractivity contribution is 5.20. The number of benzene rings is 1. The van der Waals surface area contributed by atoms with Crippen LogP contribution in [0.5, 0.6) is 0 Å². The molecule has 1 nitrogen and oxygen atoms in total. The van der Waals surface area contributed by atoms with Crippen molar-refractivity contribution in [2.45, 2.75) is 51.6 Å². The first-order chi connectivity index (χ1) is 9.08. The van der Waals surface area contributed by atoms with Gasteiger partial charge in [-0.2, -0.15) is 0 Å². The molecule has 0 radical (unpaired) electrons. The molecule has 1 saturated carbocycles. The van der Waals surface area contributed by atoms with Crippen LogP contribution in [0.2, 0.25) is 0 Å². The molecule has 0 heterocycles. The van der Waals surface area contributed by atoms with Crippen LogP contribution in [0.3, 0.4) is 0 Å². The predicted molar refractivity (Wildman–Crippen MR) is 69.2 cm³/mol. The molecule has 1 aliphatic carbocycles. The third kappa shape index (κ3) is 3.72. The Labute approximate surface area is 112 Å². The number of rotatable bonds is 4. The zero-order chi connectivity index (χ0) is 13.8. The average molecular weight is 271 g/mol. The SMILES string of the molecule is C[C@H](NCc1cc(F)c(F)cc1F)C1CCCCC1. The molecular weight excluding hydrogens is 251 g/mol. The van der Waals surface area contributed by atoms with Crippen molar-refractivity contribution in [2.75, 3.05) is 0 Å². The minimum absolute atomic E-state index is 0.182. The average Bonchev–Trinajstić information content (AvgIpc) is 2.42. The number of hydrogen-bond donors (Lipinski definition) is 1. The Morgan fingerprint density at radius 1 is 1.05 bits per heavy atom. The smallest absolute Gasteiger partial charge is 0.161 e. The largest absolute Gasteiger partial charge is 0.310 e. The summed E-state index contributed by atoms with van der Waals surface area (Å²) in [4.78, 5) is 0. The van der Waals surface area contributed by atoms with E-state index in [0.717, 1.165) is 6.07 Å². The summed E-state index contributed by atoms with van der Waals surface area (Å²) in [6.07, 6.45) is 6.16. The van der Waals surface area contributed by atoms with E-state index in [1.54, 1.807) is 0 Å². The monoisotopic (exact) mass is 271 g/mol. The molecule has 0 aromatic heterocycles. The summed E-state index contributed by atoms with van der Waals surface area (Å²) in [5, 5.41) is 3.23. The second-order valence-electron chi connectivity index (χ2n) is 5.43. The lowest BCUT2D eigenvalue weighted by atomic mass is 9.84. The van der Waals surface area contributed by atoms with Gasteiger partial charge in [-0.25, -0.2) is 13.2 Å². The van der Waals surface area contributed by atoms with Crippen molar-refractivity contribution in [3.05, 3.63) is 35.1 Å². The standard InChI is InChI=1S/C15H20F3N/c1-10(11-5-3-2-4-6-11)19-9-12-7-14(17)15(18)8-13(12)16/h7-8,10-11,19H,2-6,9H2,1H3/t10-/m0/s1. The van der Waals surface area contributed by atoms with Crippen LogP contribution in [0.4, 0.5) is 13.2 Å². The highest BCUT2D eigenvalue weighted by atomic mass is 19.2. The van der Waals surface area contributed by atoms with Crippen molar-refractivity contribution in [1.82, 2.24) is 5.32 Å². The second kappa shape index (κ2) is 6.42. The van der Waals surface area contributed by atoms with Crippen molar-refractivity contribution < 1.29 is 13.2 Å². The normalized spacial score (nSPS) is 18.5. The summed E-state index contributed by atoms with van der Waals surface area (Å²) in [7, 11) is 0. The van der Waals surface area contributed by atoms with Crippen LogP contribution in [0, 0.1) is 23.4 Å². The molecule has 1 aromatic carbocycles. The number of hydrogen-bond acceptors (Lipinski definition) is 1. The van der Waals surface area contributed by atoms with Gasteiger partial charge in [0.2, 0.25) is 0 Å². The molecule has 0 amide bonds. The summed E-state index contributed by atoms with van der Waals surface area (Å²) in [6.45, 7) is 2.31. The lowest BCUT2D eigenvalue weighted by Gasteiger charge is -2.28. The Morgan fingerprint density at radius 2 is 1.68 bits per heavy atom. The van der Waals surface area contributed by atoms with Gasteiger partial charge in [0.1, 0.15) is 5.82 Å². The van der Waals surface area contributed by atoms with Crippen molar-refractivity contribution >= 4 is 0 Å². The van der Waals surface area contributed by atoms with Gasteiger partial charge in [0.25, 0.3) is 0 Å². The molecule has 2 rings (SSSR count). The van der Waals surface area contributed by atoms with Crippen molar-refractivity contribution in [3.8, 4) is 0 Å². The fourth-order valence-corrected chi connectivity index (χ4v) is 2.77. The molecule has 0 bridgehead atoms. The lowest BCUT2D eigenvalue weighted by Crippen LogP contribution is -2.34. The van der Waals surface area contributed by atoms with Crippen LogP contribution in [-0.2, 0) is 6.54 Å². The molecule has 106 valence electrons. The van der Waals surface area contributed by atoms with Gasteiger partial charge in [0, 0.05) is 24.2 Å². The van der Waals surface area contributed by atoms with Crippen LogP contribution in [0.1, 0.15) is 44.6 Å². The van der Waals surface area contributed by atoms with Gasteiger partial charge in [-0.15, -0.1) is 0 Å². The van der Waals surface area contributed by atoms with E-state index in [1.165, 1.54) is 32.1 Å². The lowest BCUT2D eigenvalue weighted by molar-refractivity contribution is 0.279. The van der Waals surface area contributed by atoms with Gasteiger partial charge in [-0.05, 0) is 31.7 Å². The van der Waals surface area contributed by atoms with E-state index in [9.17, 15) is 13.2 Å². The molecule has 19 heavy (non-hydrogen) atoms. The van der Waals surface area contributed by atoms with Gasteiger partial charge in [-0.3, -0.25) is 0 Å². The summed E-state index contributed by atoms with van der Waals surface area (Å²) in [5.74, 6) is -2.23. The molecule has 1 aromatic rings. The van der Waals surface area contributed by atoms with Crippen LogP contribution < -0.4 is 5.32 Å². The maximum atomic E-state index is 13.5. The van der Waals surface area contributed by atoms with Crippen molar-refractivity contribution in [3.63, 3.8) is 0 Å². The fraction of sp³-hybridized carbons (Fsp3) is 0.600. The molecule has 0 unspecified atom stereocenters. The van der Waals surface area contributed by atoms with Crippen LogP contribution in [0.25, 0.3) is 0 Å². The first-order valence-electron chi connectivity index (χ1n) is 6.94. The van der Waals surface area contributed by atoms with E-state index in [4.69, 9.17) is 0 Å². The molecule has 0 aliphatic heterocycles. The zero-order valence-corrected chi connectivity index (χ0v) is 11.2.